The summed E-state index contributed by atoms with van der Waals surface area (Å²) in [6.07, 6.45) is 6.09. The molecule has 0 unspecified atom stereocenters. The van der Waals surface area contributed by atoms with Crippen LogP contribution in [0.1, 0.15) is 43.2 Å². The zero-order valence-electron chi connectivity index (χ0n) is 10.9. The summed E-state index contributed by atoms with van der Waals surface area (Å²) in [5.41, 5.74) is 9.94. The predicted octanol–water partition coefficient (Wildman–Crippen LogP) is 2.32. The van der Waals surface area contributed by atoms with E-state index in [4.69, 9.17) is 5.73 Å². The van der Waals surface area contributed by atoms with Gasteiger partial charge in [-0.05, 0) is 36.5 Å². The molecular formula is C15H20N2O. The van der Waals surface area contributed by atoms with E-state index in [1.54, 1.807) is 4.90 Å². The van der Waals surface area contributed by atoms with Gasteiger partial charge in [0.2, 0.25) is 5.91 Å². The highest BCUT2D eigenvalue weighted by Crippen LogP contribution is 2.38. The van der Waals surface area contributed by atoms with E-state index in [1.165, 1.54) is 24.0 Å². The standard InChI is InChI=1S/C15H20N2O/c1-17-13-6-5-12(15(16)8-2-3-9-15)10-11(13)4-7-14(17)18/h5-6,10H,2-4,7-9,16H2,1H3. The molecule has 1 heterocycles. The van der Waals surface area contributed by atoms with Crippen LogP contribution >= 0.6 is 0 Å². The fourth-order valence-corrected chi connectivity index (χ4v) is 3.26. The highest BCUT2D eigenvalue weighted by Gasteiger charge is 2.32. The van der Waals surface area contributed by atoms with E-state index >= 15 is 0 Å². The number of fused-ring (bicyclic) bond motifs is 1. The summed E-state index contributed by atoms with van der Waals surface area (Å²) in [5, 5.41) is 0. The first-order valence-electron chi connectivity index (χ1n) is 6.79. The summed E-state index contributed by atoms with van der Waals surface area (Å²) in [6, 6.07) is 6.40. The van der Waals surface area contributed by atoms with Crippen molar-refractivity contribution in [1.82, 2.24) is 0 Å². The number of nitrogens with two attached hydrogens (primary N) is 1. The Hall–Kier alpha value is -1.35. The van der Waals surface area contributed by atoms with Gasteiger partial charge in [-0.15, -0.1) is 0 Å². The SMILES string of the molecule is CN1C(=O)CCc2cc(C3(N)CCCC3)ccc21. The molecule has 1 aromatic carbocycles. The minimum absolute atomic E-state index is 0.130. The van der Waals surface area contributed by atoms with Crippen molar-refractivity contribution in [2.45, 2.75) is 44.1 Å². The van der Waals surface area contributed by atoms with Crippen LogP contribution in [0.2, 0.25) is 0 Å². The van der Waals surface area contributed by atoms with E-state index in [1.807, 2.05) is 7.05 Å². The quantitative estimate of drug-likeness (QED) is 0.824. The molecule has 1 amide bonds. The van der Waals surface area contributed by atoms with Crippen LogP contribution in [0.25, 0.3) is 0 Å². The Morgan fingerprint density at radius 1 is 1.22 bits per heavy atom. The maximum atomic E-state index is 11.7. The predicted molar refractivity (Wildman–Crippen MR) is 72.5 cm³/mol. The summed E-state index contributed by atoms with van der Waals surface area (Å²) in [7, 11) is 1.85. The largest absolute Gasteiger partial charge is 0.321 e. The molecule has 0 saturated heterocycles. The highest BCUT2D eigenvalue weighted by molar-refractivity contribution is 5.95. The summed E-state index contributed by atoms with van der Waals surface area (Å²) in [4.78, 5) is 13.4. The van der Waals surface area contributed by atoms with Crippen LogP contribution < -0.4 is 10.6 Å². The number of amides is 1. The fraction of sp³-hybridized carbons (Fsp3) is 0.533. The lowest BCUT2D eigenvalue weighted by atomic mass is 9.86. The van der Waals surface area contributed by atoms with Gasteiger partial charge in [0.05, 0.1) is 0 Å². The van der Waals surface area contributed by atoms with E-state index in [0.29, 0.717) is 6.42 Å². The maximum Gasteiger partial charge on any atom is 0.227 e. The van der Waals surface area contributed by atoms with Crippen LogP contribution in [0.5, 0.6) is 0 Å². The van der Waals surface area contributed by atoms with Crippen molar-refractivity contribution < 1.29 is 4.79 Å². The first kappa shape index (κ1) is 11.7. The van der Waals surface area contributed by atoms with Crippen molar-refractivity contribution in [3.05, 3.63) is 29.3 Å². The van der Waals surface area contributed by atoms with Gasteiger partial charge in [0.1, 0.15) is 0 Å². The molecule has 18 heavy (non-hydrogen) atoms. The summed E-state index contributed by atoms with van der Waals surface area (Å²) in [5.74, 6) is 0.207. The molecule has 1 fully saturated rings. The van der Waals surface area contributed by atoms with Gasteiger partial charge in [0.25, 0.3) is 0 Å². The molecule has 1 saturated carbocycles. The topological polar surface area (TPSA) is 46.3 Å². The molecule has 2 N–H and O–H groups in total. The zero-order valence-corrected chi connectivity index (χ0v) is 10.9. The molecule has 0 atom stereocenters. The van der Waals surface area contributed by atoms with Gasteiger partial charge < -0.3 is 10.6 Å². The first-order valence-corrected chi connectivity index (χ1v) is 6.79. The van der Waals surface area contributed by atoms with Crippen molar-refractivity contribution in [2.75, 3.05) is 11.9 Å². The molecular weight excluding hydrogens is 224 g/mol. The number of hydrogen-bond donors (Lipinski definition) is 1. The molecule has 2 aliphatic rings. The van der Waals surface area contributed by atoms with Crippen LogP contribution in [0.3, 0.4) is 0 Å². The number of aryl methyl sites for hydroxylation is 1. The molecule has 3 nitrogen and oxygen atoms in total. The number of benzene rings is 1. The summed E-state index contributed by atoms with van der Waals surface area (Å²) >= 11 is 0. The highest BCUT2D eigenvalue weighted by atomic mass is 16.2. The molecule has 0 bridgehead atoms. The average molecular weight is 244 g/mol. The Labute approximate surface area is 108 Å². The van der Waals surface area contributed by atoms with E-state index in [2.05, 4.69) is 18.2 Å². The molecule has 1 aliphatic heterocycles. The Kier molecular flexibility index (Phi) is 2.67. The van der Waals surface area contributed by atoms with Gasteiger partial charge in [-0.1, -0.05) is 25.0 Å². The Balaban J connectivity index is 1.99. The van der Waals surface area contributed by atoms with Crippen LogP contribution in [-0.2, 0) is 16.8 Å². The second-order valence-electron chi connectivity index (χ2n) is 5.66. The van der Waals surface area contributed by atoms with E-state index < -0.39 is 0 Å². The normalized spacial score (nSPS) is 22.1. The van der Waals surface area contributed by atoms with Gasteiger partial charge in [-0.3, -0.25) is 4.79 Å². The van der Waals surface area contributed by atoms with E-state index in [0.717, 1.165) is 24.9 Å². The van der Waals surface area contributed by atoms with Crippen LogP contribution in [0, 0.1) is 0 Å². The third-order valence-corrected chi connectivity index (χ3v) is 4.49. The monoisotopic (exact) mass is 244 g/mol. The molecule has 3 rings (SSSR count). The van der Waals surface area contributed by atoms with Gasteiger partial charge >= 0.3 is 0 Å². The number of carbonyl (C=O) groups is 1. The lowest BCUT2D eigenvalue weighted by Crippen LogP contribution is -2.35. The van der Waals surface area contributed by atoms with Crippen molar-refractivity contribution in [1.29, 1.82) is 0 Å². The molecule has 0 radical (unpaired) electrons. The third kappa shape index (κ3) is 1.74. The van der Waals surface area contributed by atoms with E-state index in [9.17, 15) is 4.79 Å². The minimum Gasteiger partial charge on any atom is -0.321 e. The molecule has 1 aliphatic carbocycles. The van der Waals surface area contributed by atoms with Crippen LogP contribution in [0.4, 0.5) is 5.69 Å². The van der Waals surface area contributed by atoms with Crippen molar-refractivity contribution in [3.63, 3.8) is 0 Å². The van der Waals surface area contributed by atoms with E-state index in [-0.39, 0.29) is 11.4 Å². The summed E-state index contributed by atoms with van der Waals surface area (Å²) in [6.45, 7) is 0. The maximum absolute atomic E-state index is 11.7. The first-order chi connectivity index (χ1) is 8.60. The molecule has 1 aromatic rings. The molecule has 3 heteroatoms. The number of anilines is 1. The van der Waals surface area contributed by atoms with Crippen LogP contribution in [-0.4, -0.2) is 13.0 Å². The second kappa shape index (κ2) is 4.09. The molecule has 0 spiro atoms. The zero-order chi connectivity index (χ0) is 12.8. The number of hydrogen-bond acceptors (Lipinski definition) is 2. The Bertz CT molecular complexity index is 489. The van der Waals surface area contributed by atoms with Gasteiger partial charge in [0.15, 0.2) is 0 Å². The van der Waals surface area contributed by atoms with Crippen LogP contribution in [0.15, 0.2) is 18.2 Å². The number of carbonyl (C=O) groups excluding carboxylic acids is 1. The lowest BCUT2D eigenvalue weighted by Gasteiger charge is -2.30. The van der Waals surface area contributed by atoms with Gasteiger partial charge in [-0.2, -0.15) is 0 Å². The second-order valence-corrected chi connectivity index (χ2v) is 5.66. The third-order valence-electron chi connectivity index (χ3n) is 4.49. The van der Waals surface area contributed by atoms with Gasteiger partial charge in [-0.25, -0.2) is 0 Å². The van der Waals surface area contributed by atoms with Crippen molar-refractivity contribution >= 4 is 11.6 Å². The molecule has 96 valence electrons. The van der Waals surface area contributed by atoms with Crippen molar-refractivity contribution in [2.24, 2.45) is 5.73 Å². The lowest BCUT2D eigenvalue weighted by molar-refractivity contribution is -0.118. The number of nitrogens with zero attached hydrogens (tertiary/aromatic N) is 1. The van der Waals surface area contributed by atoms with Crippen molar-refractivity contribution in [3.8, 4) is 0 Å². The average Bonchev–Trinajstić information content (AvgIpc) is 2.82. The smallest absolute Gasteiger partial charge is 0.227 e. The summed E-state index contributed by atoms with van der Waals surface area (Å²) < 4.78 is 0. The Morgan fingerprint density at radius 2 is 1.94 bits per heavy atom. The fourth-order valence-electron chi connectivity index (χ4n) is 3.26. The Morgan fingerprint density at radius 3 is 2.67 bits per heavy atom. The molecule has 0 aromatic heterocycles. The minimum atomic E-state index is -0.130. The van der Waals surface area contributed by atoms with Gasteiger partial charge in [0, 0.05) is 24.7 Å². The number of rotatable bonds is 1.